The molecular weight excluding hydrogens is 1220 g/mol. The van der Waals surface area contributed by atoms with Crippen molar-refractivity contribution in [2.75, 3.05) is 45.9 Å². The Balaban J connectivity index is 0.000000226. The molecule has 20 heteroatoms. The number of hydrogen-bond donors (Lipinski definition) is 2. The quantitative estimate of drug-likeness (QED) is 0.0577. The van der Waals surface area contributed by atoms with E-state index in [1.54, 1.807) is 125 Å². The second-order valence-corrected chi connectivity index (χ2v) is 21.5. The van der Waals surface area contributed by atoms with Gasteiger partial charge < -0.3 is 39.1 Å². The van der Waals surface area contributed by atoms with E-state index in [0.717, 1.165) is 14.7 Å². The number of amidine groups is 2. The standard InChI is InChI=1S/C27H24BrClN2O5.C17H14Cl2O3.C10H11BrN2O2.C6H15N/c1-27(2,36-20-13-9-18(10-14-20)24(32)17-7-11-19(29)12-8-17)25(33)31-26-30-15-21(35-26)16-34-23-6-4-3-5-22(23)28;1-17(2,16(19)21)22-14-9-5-12(6-10-14)15(20)11-3-7-13(18)8-4-11;11-8-3-1-2-4-9(8)14-6-7-5-13-10(12)15-7;1-4-7(5-2)6-3/h3-14,21H,15-16H2,1-2H3,(H,30,31,33);3-10H,1-2H3;1-4,7H,5-6H2,(H2,12,13);4-6H2,1-3H3. The maximum Gasteiger partial charge on any atom is 0.292 e. The Morgan fingerprint density at radius 1 is 0.588 bits per heavy atom. The van der Waals surface area contributed by atoms with Crippen LogP contribution in [0.1, 0.15) is 80.3 Å². The number of nitrogens with one attached hydrogen (secondary N) is 1. The molecule has 1 amide bonds. The molecule has 6 aromatic carbocycles. The van der Waals surface area contributed by atoms with Crippen LogP contribution in [-0.4, -0.2) is 109 Å². The predicted octanol–water partition coefficient (Wildman–Crippen LogP) is 12.8. The molecule has 0 fully saturated rings. The lowest BCUT2D eigenvalue weighted by Crippen LogP contribution is -2.49. The summed E-state index contributed by atoms with van der Waals surface area (Å²) in [5.41, 5.74) is 5.14. The van der Waals surface area contributed by atoms with E-state index in [4.69, 9.17) is 69.0 Å². The van der Waals surface area contributed by atoms with Gasteiger partial charge in [-0.2, -0.15) is 0 Å². The van der Waals surface area contributed by atoms with Gasteiger partial charge in [0.05, 0.1) is 22.0 Å². The molecule has 0 spiro atoms. The van der Waals surface area contributed by atoms with Crippen molar-refractivity contribution >= 4 is 101 Å². The van der Waals surface area contributed by atoms with E-state index in [2.05, 4.69) is 72.8 Å². The Morgan fingerprint density at radius 3 is 1.32 bits per heavy atom. The summed E-state index contributed by atoms with van der Waals surface area (Å²) >= 11 is 24.0. The minimum Gasteiger partial charge on any atom is -0.488 e. The fraction of sp³-hybridized carbons (Fsp3) is 0.300. The van der Waals surface area contributed by atoms with Crippen molar-refractivity contribution in [2.45, 2.75) is 71.9 Å². The second kappa shape index (κ2) is 31.5. The number of aliphatic imine (C=N–C) groups is 2. The van der Waals surface area contributed by atoms with Gasteiger partial charge in [0.15, 0.2) is 35.0 Å². The van der Waals surface area contributed by atoms with Crippen LogP contribution in [0.2, 0.25) is 10.0 Å². The molecule has 0 aliphatic carbocycles. The SMILES string of the molecule is CC(C)(Oc1ccc(C(=O)c2ccc(Cl)cc2)cc1)C(=O)Cl.CC(C)(Oc1ccc(C(=O)c2ccc(Cl)cc2)cc1)C(=O)NC1=NCC(COc2ccccc2Br)O1.CCN(CC)CC.NC1=NCC(COc2ccccc2Br)O1. The molecule has 0 bridgehead atoms. The van der Waals surface area contributed by atoms with Gasteiger partial charge >= 0.3 is 0 Å². The van der Waals surface area contributed by atoms with Crippen molar-refractivity contribution in [1.82, 2.24) is 10.2 Å². The van der Waals surface area contributed by atoms with Gasteiger partial charge in [-0.3, -0.25) is 24.5 Å². The van der Waals surface area contributed by atoms with Crippen LogP contribution in [0.5, 0.6) is 23.0 Å². The summed E-state index contributed by atoms with van der Waals surface area (Å²) in [5, 5.41) is 3.22. The number of hydrogen-bond acceptors (Lipinski definition) is 14. The molecule has 424 valence electrons. The van der Waals surface area contributed by atoms with Crippen LogP contribution in [0.15, 0.2) is 165 Å². The van der Waals surface area contributed by atoms with Gasteiger partial charge in [0.1, 0.15) is 36.2 Å². The van der Waals surface area contributed by atoms with Crippen molar-refractivity contribution in [3.63, 3.8) is 0 Å². The zero-order chi connectivity index (χ0) is 58.4. The van der Waals surface area contributed by atoms with Gasteiger partial charge in [0.25, 0.3) is 23.2 Å². The third-order valence-corrected chi connectivity index (χ3v) is 14.0. The first-order valence-corrected chi connectivity index (χ1v) is 28.2. The lowest BCUT2D eigenvalue weighted by Gasteiger charge is -2.25. The van der Waals surface area contributed by atoms with Gasteiger partial charge in [0.2, 0.25) is 0 Å². The maximum absolute atomic E-state index is 12.8. The molecule has 80 heavy (non-hydrogen) atoms. The van der Waals surface area contributed by atoms with Crippen LogP contribution in [0.25, 0.3) is 0 Å². The number of benzene rings is 6. The number of ether oxygens (including phenoxy) is 6. The highest BCUT2D eigenvalue weighted by atomic mass is 79.9. The highest BCUT2D eigenvalue weighted by molar-refractivity contribution is 9.11. The molecule has 2 atom stereocenters. The van der Waals surface area contributed by atoms with E-state index in [-0.39, 0.29) is 42.4 Å². The summed E-state index contributed by atoms with van der Waals surface area (Å²) in [6, 6.07) is 42.1. The van der Waals surface area contributed by atoms with E-state index >= 15 is 0 Å². The molecule has 2 aliphatic heterocycles. The summed E-state index contributed by atoms with van der Waals surface area (Å²) in [4.78, 5) is 59.6. The summed E-state index contributed by atoms with van der Waals surface area (Å²) in [5.74, 6) is 1.74. The Kier molecular flexibility index (Phi) is 25.3. The van der Waals surface area contributed by atoms with Crippen molar-refractivity contribution in [1.29, 1.82) is 0 Å². The van der Waals surface area contributed by atoms with Crippen molar-refractivity contribution in [3.05, 3.63) is 187 Å². The number of ketones is 2. The number of carbonyl (C=O) groups excluding carboxylic acids is 4. The van der Waals surface area contributed by atoms with Crippen LogP contribution in [0, 0.1) is 0 Å². The van der Waals surface area contributed by atoms with E-state index in [1.807, 2.05) is 48.5 Å². The second-order valence-electron chi connectivity index (χ2n) is 18.6. The zero-order valence-electron chi connectivity index (χ0n) is 45.4. The first-order valence-electron chi connectivity index (χ1n) is 25.5. The van der Waals surface area contributed by atoms with Gasteiger partial charge in [-0.15, -0.1) is 0 Å². The van der Waals surface area contributed by atoms with Crippen molar-refractivity contribution < 1.29 is 47.6 Å². The van der Waals surface area contributed by atoms with Crippen LogP contribution >= 0.6 is 66.7 Å². The van der Waals surface area contributed by atoms with Crippen LogP contribution in [0.3, 0.4) is 0 Å². The molecule has 0 saturated heterocycles. The van der Waals surface area contributed by atoms with Crippen LogP contribution < -0.4 is 30.0 Å². The summed E-state index contributed by atoms with van der Waals surface area (Å²) in [6.45, 7) is 18.2. The lowest BCUT2D eigenvalue weighted by molar-refractivity contribution is -0.133. The highest BCUT2D eigenvalue weighted by Gasteiger charge is 2.33. The molecular formula is C60H64Br2Cl3N5O10. The van der Waals surface area contributed by atoms with Crippen molar-refractivity contribution in [2.24, 2.45) is 15.7 Å². The van der Waals surface area contributed by atoms with Crippen LogP contribution in [0.4, 0.5) is 0 Å². The van der Waals surface area contributed by atoms with Gasteiger partial charge in [-0.1, -0.05) is 68.2 Å². The molecule has 2 heterocycles. The predicted molar refractivity (Wildman–Crippen MR) is 322 cm³/mol. The van der Waals surface area contributed by atoms with E-state index < -0.39 is 22.4 Å². The number of nitrogens with two attached hydrogens (primary N) is 1. The smallest absolute Gasteiger partial charge is 0.292 e. The molecule has 0 saturated carbocycles. The number of carbonyl (C=O) groups is 4. The lowest BCUT2D eigenvalue weighted by atomic mass is 10.0. The normalized spacial score (nSPS) is 14.4. The third kappa shape index (κ3) is 20.6. The van der Waals surface area contributed by atoms with Gasteiger partial charge in [-0.25, -0.2) is 9.98 Å². The number of rotatable bonds is 19. The largest absolute Gasteiger partial charge is 0.488 e. The average Bonchev–Trinajstić information content (AvgIpc) is 4.11. The van der Waals surface area contributed by atoms with Crippen LogP contribution in [-0.2, 0) is 19.1 Å². The fourth-order valence-electron chi connectivity index (χ4n) is 7.06. The van der Waals surface area contributed by atoms with E-state index in [1.165, 1.54) is 19.6 Å². The van der Waals surface area contributed by atoms with Crippen molar-refractivity contribution in [3.8, 4) is 23.0 Å². The topological polar surface area (TPSA) is 190 Å². The first-order chi connectivity index (χ1) is 38.1. The van der Waals surface area contributed by atoms with E-state index in [9.17, 15) is 19.2 Å². The zero-order valence-corrected chi connectivity index (χ0v) is 50.8. The first kappa shape index (κ1) is 64.4. The van der Waals surface area contributed by atoms with E-state index in [0.29, 0.717) is 69.2 Å². The number of amides is 1. The number of nitrogens with zero attached hydrogens (tertiary/aromatic N) is 3. The molecule has 0 aromatic heterocycles. The van der Waals surface area contributed by atoms with Gasteiger partial charge in [0, 0.05) is 32.3 Å². The monoisotopic (exact) mass is 1280 g/mol. The third-order valence-electron chi connectivity index (χ3n) is 11.8. The van der Waals surface area contributed by atoms with Gasteiger partial charge in [-0.05, 0) is 212 Å². The highest BCUT2D eigenvalue weighted by Crippen LogP contribution is 2.27. The Bertz CT molecular complexity index is 3050. The Labute approximate surface area is 499 Å². The molecule has 2 unspecified atom stereocenters. The maximum atomic E-state index is 12.8. The molecule has 6 aromatic rings. The molecule has 3 N–H and O–H groups in total. The minimum absolute atomic E-state index is 0.0721. The minimum atomic E-state index is -1.23. The number of halogens is 5. The summed E-state index contributed by atoms with van der Waals surface area (Å²) < 4.78 is 35.4. The molecule has 15 nitrogen and oxygen atoms in total. The summed E-state index contributed by atoms with van der Waals surface area (Å²) in [6.07, 6.45) is -0.390. The number of para-hydroxylation sites is 2. The molecule has 8 rings (SSSR count). The summed E-state index contributed by atoms with van der Waals surface area (Å²) in [7, 11) is 0. The Hall–Kier alpha value is -6.47. The fourth-order valence-corrected chi connectivity index (χ4v) is 8.15. The molecule has 2 aliphatic rings. The Morgan fingerprint density at radius 2 is 0.963 bits per heavy atom. The molecule has 0 radical (unpaired) electrons. The average molecular weight is 1280 g/mol.